The Balaban J connectivity index is 1.56. The highest BCUT2D eigenvalue weighted by Crippen LogP contribution is 2.25. The lowest BCUT2D eigenvalue weighted by molar-refractivity contribution is -0.132. The molecule has 1 aliphatic rings. The molecule has 0 radical (unpaired) electrons. The van der Waals surface area contributed by atoms with Crippen LogP contribution >= 0.6 is 0 Å². The Kier molecular flexibility index (Phi) is 8.05. The smallest absolute Gasteiger partial charge is 0.243 e. The molecule has 0 saturated carbocycles. The Morgan fingerprint density at radius 3 is 2.12 bits per heavy atom. The van der Waals surface area contributed by atoms with Crippen LogP contribution in [0.25, 0.3) is 0 Å². The van der Waals surface area contributed by atoms with E-state index in [9.17, 15) is 21.6 Å². The number of carbonyl (C=O) groups excluding carboxylic acids is 1. The summed E-state index contributed by atoms with van der Waals surface area (Å²) in [5.74, 6) is -0.0956. The Labute approximate surface area is 203 Å². The van der Waals surface area contributed by atoms with Crippen molar-refractivity contribution in [2.24, 2.45) is 0 Å². The molecular weight excluding hydrogens is 474 g/mol. The Bertz CT molecular complexity index is 1230. The second kappa shape index (κ2) is 10.5. The number of sulfonamides is 2. The quantitative estimate of drug-likeness (QED) is 0.548. The van der Waals surface area contributed by atoms with Crippen molar-refractivity contribution in [1.82, 2.24) is 9.21 Å². The van der Waals surface area contributed by atoms with E-state index in [4.69, 9.17) is 0 Å². The van der Waals surface area contributed by atoms with Gasteiger partial charge in [0.2, 0.25) is 26.0 Å². The van der Waals surface area contributed by atoms with Crippen molar-refractivity contribution < 1.29 is 21.6 Å². The minimum atomic E-state index is -3.59. The molecule has 0 unspecified atom stereocenters. The highest BCUT2D eigenvalue weighted by atomic mass is 32.2. The van der Waals surface area contributed by atoms with Gasteiger partial charge >= 0.3 is 0 Å². The number of carbonyl (C=O) groups is 1. The largest absolute Gasteiger partial charge is 0.340 e. The van der Waals surface area contributed by atoms with Gasteiger partial charge in [0.15, 0.2) is 0 Å². The molecular formula is C24H33N3O5S2. The molecule has 0 N–H and O–H groups in total. The van der Waals surface area contributed by atoms with Gasteiger partial charge in [-0.1, -0.05) is 29.8 Å². The van der Waals surface area contributed by atoms with Crippen LogP contribution < -0.4 is 4.31 Å². The fourth-order valence-electron chi connectivity index (χ4n) is 4.04. The minimum Gasteiger partial charge on any atom is -0.340 e. The third-order valence-corrected chi connectivity index (χ3v) is 9.34. The molecule has 3 rings (SSSR count). The molecule has 0 atom stereocenters. The molecule has 1 heterocycles. The van der Waals surface area contributed by atoms with Gasteiger partial charge < -0.3 is 4.90 Å². The summed E-state index contributed by atoms with van der Waals surface area (Å²) in [6, 6.07) is 12.3. The Hall–Kier alpha value is -2.43. The van der Waals surface area contributed by atoms with Gasteiger partial charge in [0.1, 0.15) is 0 Å². The molecule has 1 amide bonds. The third kappa shape index (κ3) is 5.97. The molecule has 0 aromatic heterocycles. The second-order valence-corrected chi connectivity index (χ2v) is 12.6. The van der Waals surface area contributed by atoms with Crippen LogP contribution in [0, 0.1) is 20.8 Å². The second-order valence-electron chi connectivity index (χ2n) is 8.76. The molecule has 1 saturated heterocycles. The van der Waals surface area contributed by atoms with Crippen molar-refractivity contribution in [2.45, 2.75) is 38.5 Å². The van der Waals surface area contributed by atoms with Crippen LogP contribution in [0.4, 0.5) is 5.69 Å². The van der Waals surface area contributed by atoms with Gasteiger partial charge in [-0.15, -0.1) is 0 Å². The van der Waals surface area contributed by atoms with Crippen LogP contribution in [0.2, 0.25) is 0 Å². The van der Waals surface area contributed by atoms with E-state index in [2.05, 4.69) is 0 Å². The zero-order valence-electron chi connectivity index (χ0n) is 20.2. The lowest BCUT2D eigenvalue weighted by Crippen LogP contribution is -2.50. The molecule has 0 spiro atoms. The standard InChI is InChI=1S/C24H33N3O5S2/c1-19-10-12-22(13-11-19)34(31,32)26-17-15-25(16-18-26)24(28)9-6-14-27(33(4,29)30)23-8-5-7-20(2)21(23)3/h5,7-8,10-13H,6,9,14-18H2,1-4H3. The fraction of sp³-hybridized carbons (Fsp3) is 0.458. The van der Waals surface area contributed by atoms with E-state index in [1.54, 1.807) is 35.2 Å². The average molecular weight is 508 g/mol. The fourth-order valence-corrected chi connectivity index (χ4v) is 6.48. The maximum Gasteiger partial charge on any atom is 0.243 e. The molecule has 10 heteroatoms. The van der Waals surface area contributed by atoms with Gasteiger partial charge in [0.25, 0.3) is 0 Å². The van der Waals surface area contributed by atoms with Crippen molar-refractivity contribution in [3.8, 4) is 0 Å². The Morgan fingerprint density at radius 2 is 1.53 bits per heavy atom. The van der Waals surface area contributed by atoms with Crippen LogP contribution in [0.1, 0.15) is 29.5 Å². The van der Waals surface area contributed by atoms with Crippen molar-refractivity contribution in [1.29, 1.82) is 0 Å². The predicted molar refractivity (Wildman–Crippen MR) is 134 cm³/mol. The van der Waals surface area contributed by atoms with Gasteiger partial charge in [-0.3, -0.25) is 9.10 Å². The van der Waals surface area contributed by atoms with Crippen LogP contribution in [0.3, 0.4) is 0 Å². The topological polar surface area (TPSA) is 95.1 Å². The number of aryl methyl sites for hydroxylation is 2. The first-order chi connectivity index (χ1) is 15.9. The number of rotatable bonds is 8. The van der Waals surface area contributed by atoms with E-state index in [1.807, 2.05) is 32.9 Å². The van der Waals surface area contributed by atoms with Crippen LogP contribution in [-0.4, -0.2) is 70.9 Å². The Morgan fingerprint density at radius 1 is 0.912 bits per heavy atom. The van der Waals surface area contributed by atoms with E-state index < -0.39 is 20.0 Å². The molecule has 8 nitrogen and oxygen atoms in total. The van der Waals surface area contributed by atoms with E-state index in [0.29, 0.717) is 25.2 Å². The number of hydrogen-bond acceptors (Lipinski definition) is 5. The number of piperazine rings is 1. The van der Waals surface area contributed by atoms with Gasteiger partial charge in [-0.25, -0.2) is 16.8 Å². The first kappa shape index (κ1) is 26.2. The average Bonchev–Trinajstić information content (AvgIpc) is 2.78. The monoisotopic (exact) mass is 507 g/mol. The van der Waals surface area contributed by atoms with E-state index in [0.717, 1.165) is 16.7 Å². The lowest BCUT2D eigenvalue weighted by Gasteiger charge is -2.34. The lowest BCUT2D eigenvalue weighted by atomic mass is 10.1. The maximum atomic E-state index is 12.9. The normalized spacial score (nSPS) is 15.4. The first-order valence-electron chi connectivity index (χ1n) is 11.3. The van der Waals surface area contributed by atoms with E-state index >= 15 is 0 Å². The van der Waals surface area contributed by atoms with Crippen molar-refractivity contribution in [3.05, 3.63) is 59.2 Å². The number of nitrogens with zero attached hydrogens (tertiary/aromatic N) is 3. The zero-order valence-corrected chi connectivity index (χ0v) is 21.8. The summed E-state index contributed by atoms with van der Waals surface area (Å²) < 4.78 is 53.3. The summed E-state index contributed by atoms with van der Waals surface area (Å²) in [5, 5.41) is 0. The third-order valence-electron chi connectivity index (χ3n) is 6.25. The molecule has 2 aromatic carbocycles. The van der Waals surface area contributed by atoms with Gasteiger partial charge in [-0.2, -0.15) is 4.31 Å². The summed E-state index contributed by atoms with van der Waals surface area (Å²) in [6.45, 7) is 7.03. The van der Waals surface area contributed by atoms with Crippen LogP contribution in [-0.2, 0) is 24.8 Å². The van der Waals surface area contributed by atoms with E-state index in [-0.39, 0.29) is 36.9 Å². The molecule has 34 heavy (non-hydrogen) atoms. The summed E-state index contributed by atoms with van der Waals surface area (Å²) >= 11 is 0. The first-order valence-corrected chi connectivity index (χ1v) is 14.6. The number of benzene rings is 2. The van der Waals surface area contributed by atoms with Crippen molar-refractivity contribution >= 4 is 31.6 Å². The molecule has 186 valence electrons. The maximum absolute atomic E-state index is 12.9. The van der Waals surface area contributed by atoms with Gasteiger partial charge in [0, 0.05) is 39.1 Å². The molecule has 1 aliphatic heterocycles. The van der Waals surface area contributed by atoms with Gasteiger partial charge in [-0.05, 0) is 56.5 Å². The van der Waals surface area contributed by atoms with Crippen molar-refractivity contribution in [2.75, 3.05) is 43.3 Å². The highest BCUT2D eigenvalue weighted by Gasteiger charge is 2.30. The zero-order chi connectivity index (χ0) is 25.1. The molecule has 0 aliphatic carbocycles. The molecule has 1 fully saturated rings. The minimum absolute atomic E-state index is 0.0956. The number of hydrogen-bond donors (Lipinski definition) is 0. The van der Waals surface area contributed by atoms with E-state index in [1.165, 1.54) is 14.9 Å². The predicted octanol–water partition coefficient (Wildman–Crippen LogP) is 2.69. The van der Waals surface area contributed by atoms with Crippen LogP contribution in [0.5, 0.6) is 0 Å². The number of anilines is 1. The number of amides is 1. The SMILES string of the molecule is Cc1ccc(S(=O)(=O)N2CCN(C(=O)CCCN(c3cccc(C)c3C)S(C)(=O)=O)CC2)cc1. The van der Waals surface area contributed by atoms with Crippen molar-refractivity contribution in [3.63, 3.8) is 0 Å². The summed E-state index contributed by atoms with van der Waals surface area (Å²) in [4.78, 5) is 14.7. The summed E-state index contributed by atoms with van der Waals surface area (Å²) in [5.41, 5.74) is 3.51. The highest BCUT2D eigenvalue weighted by molar-refractivity contribution is 7.92. The summed E-state index contributed by atoms with van der Waals surface area (Å²) in [7, 11) is -7.09. The van der Waals surface area contributed by atoms with Crippen LogP contribution in [0.15, 0.2) is 47.4 Å². The molecule has 0 bridgehead atoms. The van der Waals surface area contributed by atoms with Gasteiger partial charge in [0.05, 0.1) is 16.8 Å². The molecule has 2 aromatic rings. The summed E-state index contributed by atoms with van der Waals surface area (Å²) in [6.07, 6.45) is 1.74.